The van der Waals surface area contributed by atoms with E-state index in [0.29, 0.717) is 12.1 Å². The fourth-order valence-electron chi connectivity index (χ4n) is 2.55. The molecular formula is C15H20N2O3. The Bertz CT molecular complexity index is 520. The third-order valence-electron chi connectivity index (χ3n) is 3.87. The third-order valence-corrected chi connectivity index (χ3v) is 3.87. The van der Waals surface area contributed by atoms with Gasteiger partial charge in [-0.05, 0) is 51.1 Å². The minimum atomic E-state index is -0.230. The lowest BCUT2D eigenvalue weighted by molar-refractivity contribution is -0.123. The van der Waals surface area contributed by atoms with Crippen LogP contribution in [-0.2, 0) is 11.3 Å². The molecule has 1 aliphatic rings. The highest BCUT2D eigenvalue weighted by molar-refractivity contribution is 5.94. The van der Waals surface area contributed by atoms with Gasteiger partial charge in [-0.15, -0.1) is 0 Å². The van der Waals surface area contributed by atoms with Gasteiger partial charge in [-0.3, -0.25) is 14.5 Å². The first-order chi connectivity index (χ1) is 9.47. The number of hydrogen-bond donors (Lipinski definition) is 2. The van der Waals surface area contributed by atoms with Crippen LogP contribution in [0.3, 0.4) is 0 Å². The van der Waals surface area contributed by atoms with Gasteiger partial charge >= 0.3 is 0 Å². The Kier molecular flexibility index (Phi) is 4.39. The number of ketones is 1. The van der Waals surface area contributed by atoms with Crippen LogP contribution in [0.2, 0.25) is 0 Å². The van der Waals surface area contributed by atoms with Crippen molar-refractivity contribution in [1.82, 2.24) is 4.90 Å². The summed E-state index contributed by atoms with van der Waals surface area (Å²) in [6.45, 7) is 3.64. The Morgan fingerprint density at radius 1 is 1.35 bits per heavy atom. The van der Waals surface area contributed by atoms with Gasteiger partial charge in [-0.2, -0.15) is 0 Å². The molecule has 108 valence electrons. The number of nitrogens with zero attached hydrogens (tertiary/aromatic N) is 1. The largest absolute Gasteiger partial charge is 0.508 e. The fourth-order valence-corrected chi connectivity index (χ4v) is 2.55. The fraction of sp³-hybridized carbons (Fsp3) is 0.467. The molecule has 0 atom stereocenters. The number of piperidine rings is 1. The first-order valence-corrected chi connectivity index (χ1v) is 6.82. The Labute approximate surface area is 118 Å². The van der Waals surface area contributed by atoms with Crippen LogP contribution >= 0.6 is 0 Å². The van der Waals surface area contributed by atoms with Gasteiger partial charge in [0, 0.05) is 23.6 Å². The lowest BCUT2D eigenvalue weighted by atomic mass is 9.96. The number of Topliss-reactive ketones (excluding diaryl/α,β-unsaturated/α-hetero) is 1. The van der Waals surface area contributed by atoms with E-state index in [1.165, 1.54) is 6.92 Å². The molecular weight excluding hydrogens is 256 g/mol. The summed E-state index contributed by atoms with van der Waals surface area (Å²) in [5.41, 5.74) is 6.65. The number of benzene rings is 1. The molecule has 1 aliphatic heterocycles. The average Bonchev–Trinajstić information content (AvgIpc) is 2.41. The van der Waals surface area contributed by atoms with E-state index in [4.69, 9.17) is 5.73 Å². The van der Waals surface area contributed by atoms with Crippen LogP contribution in [0.5, 0.6) is 5.75 Å². The van der Waals surface area contributed by atoms with Crippen LogP contribution in [0.4, 0.5) is 0 Å². The van der Waals surface area contributed by atoms with Crippen molar-refractivity contribution < 1.29 is 14.7 Å². The molecule has 0 unspecified atom stereocenters. The summed E-state index contributed by atoms with van der Waals surface area (Å²) in [4.78, 5) is 24.7. The second-order valence-corrected chi connectivity index (χ2v) is 5.35. The van der Waals surface area contributed by atoms with Crippen LogP contribution in [0.15, 0.2) is 18.2 Å². The second-order valence-electron chi connectivity index (χ2n) is 5.35. The van der Waals surface area contributed by atoms with E-state index < -0.39 is 0 Å². The Hall–Kier alpha value is -1.88. The van der Waals surface area contributed by atoms with E-state index in [2.05, 4.69) is 4.90 Å². The molecule has 5 nitrogen and oxygen atoms in total. The maximum atomic E-state index is 11.4. The van der Waals surface area contributed by atoms with E-state index in [1.54, 1.807) is 18.2 Å². The van der Waals surface area contributed by atoms with Crippen LogP contribution in [0.1, 0.15) is 35.7 Å². The Morgan fingerprint density at radius 3 is 2.55 bits per heavy atom. The lowest BCUT2D eigenvalue weighted by Crippen LogP contribution is -2.38. The minimum absolute atomic E-state index is 0.0151. The molecule has 1 aromatic carbocycles. The number of phenols is 1. The predicted octanol–water partition coefficient (Wildman–Crippen LogP) is 1.29. The van der Waals surface area contributed by atoms with Gasteiger partial charge < -0.3 is 10.8 Å². The summed E-state index contributed by atoms with van der Waals surface area (Å²) in [7, 11) is 0. The van der Waals surface area contributed by atoms with Gasteiger partial charge in [0.2, 0.25) is 5.91 Å². The van der Waals surface area contributed by atoms with Crippen molar-refractivity contribution in [3.63, 3.8) is 0 Å². The number of likely N-dealkylation sites (tertiary alicyclic amines) is 1. The van der Waals surface area contributed by atoms with Gasteiger partial charge in [-0.1, -0.05) is 0 Å². The monoisotopic (exact) mass is 276 g/mol. The second kappa shape index (κ2) is 6.05. The molecule has 1 aromatic rings. The SMILES string of the molecule is CC(=O)c1ccc(O)c(CN2CCC(C(N)=O)CC2)c1. The van der Waals surface area contributed by atoms with Gasteiger partial charge in [0.15, 0.2) is 5.78 Å². The molecule has 1 heterocycles. The smallest absolute Gasteiger partial charge is 0.220 e. The first-order valence-electron chi connectivity index (χ1n) is 6.82. The number of amides is 1. The van der Waals surface area contributed by atoms with E-state index >= 15 is 0 Å². The summed E-state index contributed by atoms with van der Waals surface area (Å²) < 4.78 is 0. The summed E-state index contributed by atoms with van der Waals surface area (Å²) >= 11 is 0. The molecule has 1 fully saturated rings. The summed E-state index contributed by atoms with van der Waals surface area (Å²) in [6.07, 6.45) is 1.50. The molecule has 2 rings (SSSR count). The first kappa shape index (κ1) is 14.5. The maximum absolute atomic E-state index is 11.4. The van der Waals surface area contributed by atoms with Gasteiger partial charge in [-0.25, -0.2) is 0 Å². The van der Waals surface area contributed by atoms with Gasteiger partial charge in [0.25, 0.3) is 0 Å². The molecule has 0 saturated carbocycles. The zero-order chi connectivity index (χ0) is 14.7. The number of rotatable bonds is 4. The van der Waals surface area contributed by atoms with Crippen molar-refractivity contribution in [2.24, 2.45) is 11.7 Å². The van der Waals surface area contributed by atoms with Crippen molar-refractivity contribution in [3.05, 3.63) is 29.3 Å². The van der Waals surface area contributed by atoms with E-state index in [9.17, 15) is 14.7 Å². The maximum Gasteiger partial charge on any atom is 0.220 e. The van der Waals surface area contributed by atoms with Crippen molar-refractivity contribution in [2.75, 3.05) is 13.1 Å². The predicted molar refractivity (Wildman–Crippen MR) is 75.3 cm³/mol. The zero-order valence-corrected chi connectivity index (χ0v) is 11.6. The van der Waals surface area contributed by atoms with Crippen LogP contribution in [0, 0.1) is 5.92 Å². The molecule has 0 radical (unpaired) electrons. The number of carbonyl (C=O) groups is 2. The zero-order valence-electron chi connectivity index (χ0n) is 11.6. The molecule has 0 bridgehead atoms. The third kappa shape index (κ3) is 3.36. The highest BCUT2D eigenvalue weighted by Crippen LogP contribution is 2.24. The topological polar surface area (TPSA) is 83.6 Å². The van der Waals surface area contributed by atoms with Crippen molar-refractivity contribution in [1.29, 1.82) is 0 Å². The Morgan fingerprint density at radius 2 is 2.00 bits per heavy atom. The van der Waals surface area contributed by atoms with Gasteiger partial charge in [0.05, 0.1) is 0 Å². The van der Waals surface area contributed by atoms with E-state index in [-0.39, 0.29) is 23.4 Å². The quantitative estimate of drug-likeness (QED) is 0.812. The normalized spacial score (nSPS) is 17.1. The lowest BCUT2D eigenvalue weighted by Gasteiger charge is -2.30. The minimum Gasteiger partial charge on any atom is -0.508 e. The van der Waals surface area contributed by atoms with Gasteiger partial charge in [0.1, 0.15) is 5.75 Å². The summed E-state index contributed by atoms with van der Waals surface area (Å²) in [6, 6.07) is 4.92. The number of carbonyl (C=O) groups excluding carboxylic acids is 2. The number of hydrogen-bond acceptors (Lipinski definition) is 4. The molecule has 0 aromatic heterocycles. The molecule has 0 spiro atoms. The summed E-state index contributed by atoms with van der Waals surface area (Å²) in [5.74, 6) is -0.0832. The molecule has 3 N–H and O–H groups in total. The number of phenolic OH excluding ortho intramolecular Hbond substituents is 1. The molecule has 1 amide bonds. The number of nitrogens with two attached hydrogens (primary N) is 1. The van der Waals surface area contributed by atoms with E-state index in [0.717, 1.165) is 31.5 Å². The molecule has 20 heavy (non-hydrogen) atoms. The van der Waals surface area contributed by atoms with Crippen molar-refractivity contribution in [3.8, 4) is 5.75 Å². The van der Waals surface area contributed by atoms with Crippen molar-refractivity contribution in [2.45, 2.75) is 26.3 Å². The van der Waals surface area contributed by atoms with Crippen LogP contribution in [0.25, 0.3) is 0 Å². The molecule has 5 heteroatoms. The van der Waals surface area contributed by atoms with Crippen LogP contribution < -0.4 is 5.73 Å². The molecule has 1 saturated heterocycles. The Balaban J connectivity index is 2.02. The van der Waals surface area contributed by atoms with E-state index in [1.807, 2.05) is 0 Å². The average molecular weight is 276 g/mol. The number of aromatic hydroxyl groups is 1. The highest BCUT2D eigenvalue weighted by Gasteiger charge is 2.23. The number of primary amides is 1. The van der Waals surface area contributed by atoms with Crippen LogP contribution in [-0.4, -0.2) is 34.8 Å². The molecule has 0 aliphatic carbocycles. The standard InChI is InChI=1S/C15H20N2O3/c1-10(18)12-2-3-14(19)13(8-12)9-17-6-4-11(5-7-17)15(16)20/h2-3,8,11,19H,4-7,9H2,1H3,(H2,16,20). The van der Waals surface area contributed by atoms with Crippen molar-refractivity contribution >= 4 is 11.7 Å². The highest BCUT2D eigenvalue weighted by atomic mass is 16.3. The summed E-state index contributed by atoms with van der Waals surface area (Å²) in [5, 5.41) is 9.88.